The number of carbonyl (C=O) groups is 2. The fraction of sp³-hybridized carbons (Fsp3) is 0.269. The predicted molar refractivity (Wildman–Crippen MR) is 128 cm³/mol. The van der Waals surface area contributed by atoms with Crippen LogP contribution in [-0.4, -0.2) is 35.8 Å². The van der Waals surface area contributed by atoms with Crippen molar-refractivity contribution in [2.45, 2.75) is 38.1 Å². The minimum absolute atomic E-state index is 0.0186. The number of aromatic hydroxyl groups is 1. The van der Waals surface area contributed by atoms with Crippen molar-refractivity contribution >= 4 is 28.8 Å². The van der Waals surface area contributed by atoms with Crippen molar-refractivity contribution in [2.24, 2.45) is 5.10 Å². The van der Waals surface area contributed by atoms with Crippen molar-refractivity contribution in [2.75, 3.05) is 6.61 Å². The Kier molecular flexibility index (Phi) is 7.19. The molecule has 1 fully saturated rings. The van der Waals surface area contributed by atoms with E-state index in [9.17, 15) is 14.7 Å². The van der Waals surface area contributed by atoms with Crippen molar-refractivity contribution in [3.8, 4) is 11.5 Å². The molecule has 33 heavy (non-hydrogen) atoms. The SMILES string of the molecule is O=C(COc1ccc(/C=N\NC(=O)c2cc3ccccc3cc2O)cc1)NC1CCCCC1. The maximum Gasteiger partial charge on any atom is 0.275 e. The average Bonchev–Trinajstić information content (AvgIpc) is 2.83. The summed E-state index contributed by atoms with van der Waals surface area (Å²) in [6.45, 7) is -0.0186. The number of phenolic OH excluding ortho intramolecular Hbond substituents is 1. The second-order valence-corrected chi connectivity index (χ2v) is 8.18. The van der Waals surface area contributed by atoms with E-state index in [1.54, 1.807) is 36.4 Å². The van der Waals surface area contributed by atoms with Gasteiger partial charge >= 0.3 is 0 Å². The number of hydrogen-bond acceptors (Lipinski definition) is 5. The summed E-state index contributed by atoms with van der Waals surface area (Å²) in [5, 5.41) is 18.8. The quantitative estimate of drug-likeness (QED) is 0.376. The number of carbonyl (C=O) groups excluding carboxylic acids is 2. The highest BCUT2D eigenvalue weighted by molar-refractivity contribution is 6.01. The van der Waals surface area contributed by atoms with E-state index < -0.39 is 5.91 Å². The topological polar surface area (TPSA) is 100 Å². The lowest BCUT2D eigenvalue weighted by Gasteiger charge is -2.22. The van der Waals surface area contributed by atoms with E-state index in [1.807, 2.05) is 24.3 Å². The molecule has 0 bridgehead atoms. The summed E-state index contributed by atoms with van der Waals surface area (Å²) in [5.41, 5.74) is 3.33. The van der Waals surface area contributed by atoms with Crippen molar-refractivity contribution in [3.63, 3.8) is 0 Å². The fourth-order valence-electron chi connectivity index (χ4n) is 3.95. The molecule has 170 valence electrons. The normalized spacial score (nSPS) is 14.3. The molecule has 7 heteroatoms. The molecule has 0 aliphatic heterocycles. The van der Waals surface area contributed by atoms with Gasteiger partial charge in [-0.2, -0.15) is 5.10 Å². The van der Waals surface area contributed by atoms with Crippen molar-refractivity contribution < 1.29 is 19.4 Å². The van der Waals surface area contributed by atoms with E-state index in [1.165, 1.54) is 25.5 Å². The van der Waals surface area contributed by atoms with Gasteiger partial charge in [-0.05, 0) is 65.6 Å². The van der Waals surface area contributed by atoms with Gasteiger partial charge in [-0.15, -0.1) is 0 Å². The van der Waals surface area contributed by atoms with Crippen LogP contribution in [0, 0.1) is 0 Å². The van der Waals surface area contributed by atoms with E-state index in [4.69, 9.17) is 4.74 Å². The number of amides is 2. The Bertz CT molecular complexity index is 1150. The molecule has 0 spiro atoms. The number of hydrogen-bond donors (Lipinski definition) is 3. The van der Waals surface area contributed by atoms with Gasteiger partial charge in [0.1, 0.15) is 11.5 Å². The van der Waals surface area contributed by atoms with E-state index in [0.717, 1.165) is 29.2 Å². The number of rotatable bonds is 7. The van der Waals surface area contributed by atoms with Crippen LogP contribution in [-0.2, 0) is 4.79 Å². The second-order valence-electron chi connectivity index (χ2n) is 8.18. The first-order valence-electron chi connectivity index (χ1n) is 11.2. The molecule has 4 rings (SSSR count). The second kappa shape index (κ2) is 10.6. The molecule has 3 aromatic carbocycles. The smallest absolute Gasteiger partial charge is 0.275 e. The van der Waals surface area contributed by atoms with Crippen LogP contribution in [0.1, 0.15) is 48.0 Å². The zero-order valence-electron chi connectivity index (χ0n) is 18.3. The van der Waals surface area contributed by atoms with Crippen LogP contribution in [0.15, 0.2) is 65.8 Å². The number of ether oxygens (including phenoxy) is 1. The van der Waals surface area contributed by atoms with E-state index in [-0.39, 0.29) is 29.9 Å². The van der Waals surface area contributed by atoms with Crippen molar-refractivity contribution in [1.82, 2.24) is 10.7 Å². The number of fused-ring (bicyclic) bond motifs is 1. The maximum absolute atomic E-state index is 12.4. The molecule has 0 radical (unpaired) electrons. The molecular formula is C26H27N3O4. The predicted octanol–water partition coefficient (Wildman–Crippen LogP) is 4.14. The lowest BCUT2D eigenvalue weighted by atomic mass is 9.95. The minimum atomic E-state index is -0.501. The Balaban J connectivity index is 1.27. The van der Waals surface area contributed by atoms with Gasteiger partial charge in [-0.1, -0.05) is 43.5 Å². The Morgan fingerprint density at radius 1 is 1.00 bits per heavy atom. The molecule has 1 aliphatic carbocycles. The van der Waals surface area contributed by atoms with Crippen LogP contribution in [0.2, 0.25) is 0 Å². The van der Waals surface area contributed by atoms with Crippen LogP contribution in [0.25, 0.3) is 10.8 Å². The van der Waals surface area contributed by atoms with Crippen molar-refractivity contribution in [3.05, 3.63) is 71.8 Å². The highest BCUT2D eigenvalue weighted by Gasteiger charge is 2.16. The van der Waals surface area contributed by atoms with Crippen molar-refractivity contribution in [1.29, 1.82) is 0 Å². The van der Waals surface area contributed by atoms with Gasteiger partial charge in [0.05, 0.1) is 11.8 Å². The van der Waals surface area contributed by atoms with Crippen LogP contribution in [0.3, 0.4) is 0 Å². The highest BCUT2D eigenvalue weighted by Crippen LogP contribution is 2.25. The molecule has 0 unspecified atom stereocenters. The summed E-state index contributed by atoms with van der Waals surface area (Å²) in [7, 11) is 0. The van der Waals surface area contributed by atoms with E-state index in [2.05, 4.69) is 15.8 Å². The molecular weight excluding hydrogens is 418 g/mol. The standard InChI is InChI=1S/C26H27N3O4/c30-24-15-20-7-5-4-6-19(20)14-23(24)26(32)29-27-16-18-10-12-22(13-11-18)33-17-25(31)28-21-8-2-1-3-9-21/h4-7,10-16,21,30H,1-3,8-9,17H2,(H,28,31)(H,29,32)/b27-16-. The van der Waals surface area contributed by atoms with Gasteiger partial charge in [0.25, 0.3) is 11.8 Å². The average molecular weight is 446 g/mol. The van der Waals surface area contributed by atoms with Crippen LogP contribution >= 0.6 is 0 Å². The molecule has 1 saturated carbocycles. The summed E-state index contributed by atoms with van der Waals surface area (Å²) < 4.78 is 5.56. The number of nitrogens with one attached hydrogen (secondary N) is 2. The van der Waals surface area contributed by atoms with E-state index >= 15 is 0 Å². The first-order chi connectivity index (χ1) is 16.1. The van der Waals surface area contributed by atoms with Crippen LogP contribution < -0.4 is 15.5 Å². The lowest BCUT2D eigenvalue weighted by Crippen LogP contribution is -2.38. The van der Waals surface area contributed by atoms with E-state index in [0.29, 0.717) is 5.75 Å². The third-order valence-electron chi connectivity index (χ3n) is 5.71. The Hall–Kier alpha value is -3.87. The Morgan fingerprint density at radius 2 is 1.70 bits per heavy atom. The van der Waals surface area contributed by atoms with Gasteiger partial charge in [0.2, 0.25) is 0 Å². The Labute approximate surface area is 192 Å². The summed E-state index contributed by atoms with van der Waals surface area (Å²) in [5.74, 6) is -0.128. The summed E-state index contributed by atoms with van der Waals surface area (Å²) in [6.07, 6.45) is 7.15. The maximum atomic E-state index is 12.4. The minimum Gasteiger partial charge on any atom is -0.507 e. The molecule has 0 saturated heterocycles. The number of benzene rings is 3. The zero-order valence-corrected chi connectivity index (χ0v) is 18.3. The van der Waals surface area contributed by atoms with Crippen LogP contribution in [0.5, 0.6) is 11.5 Å². The molecule has 3 aromatic rings. The summed E-state index contributed by atoms with van der Waals surface area (Å²) in [4.78, 5) is 24.5. The fourth-order valence-corrected chi connectivity index (χ4v) is 3.95. The summed E-state index contributed by atoms with van der Waals surface area (Å²) in [6, 6.07) is 18.0. The highest BCUT2D eigenvalue weighted by atomic mass is 16.5. The molecule has 3 N–H and O–H groups in total. The van der Waals surface area contributed by atoms with Gasteiger partial charge in [-0.25, -0.2) is 5.43 Å². The number of phenols is 1. The van der Waals surface area contributed by atoms with Gasteiger partial charge in [0.15, 0.2) is 6.61 Å². The Morgan fingerprint density at radius 3 is 2.42 bits per heavy atom. The summed E-state index contributed by atoms with van der Waals surface area (Å²) >= 11 is 0. The van der Waals surface area contributed by atoms with Gasteiger partial charge < -0.3 is 15.2 Å². The molecule has 0 heterocycles. The van der Waals surface area contributed by atoms with Crippen LogP contribution in [0.4, 0.5) is 0 Å². The molecule has 2 amide bonds. The van der Waals surface area contributed by atoms with Gasteiger partial charge in [-0.3, -0.25) is 9.59 Å². The molecule has 0 aromatic heterocycles. The van der Waals surface area contributed by atoms with Gasteiger partial charge in [0, 0.05) is 6.04 Å². The lowest BCUT2D eigenvalue weighted by molar-refractivity contribution is -0.124. The zero-order chi connectivity index (χ0) is 23.0. The number of hydrazone groups is 1. The first-order valence-corrected chi connectivity index (χ1v) is 11.2. The molecule has 0 atom stereocenters. The largest absolute Gasteiger partial charge is 0.507 e. The molecule has 1 aliphatic rings. The third-order valence-corrected chi connectivity index (χ3v) is 5.71. The monoisotopic (exact) mass is 445 g/mol. The first kappa shape index (κ1) is 22.3. The third kappa shape index (κ3) is 6.10. The number of nitrogens with zero attached hydrogens (tertiary/aromatic N) is 1. The molecule has 7 nitrogen and oxygen atoms in total.